The molecule has 0 radical (unpaired) electrons. The Kier molecular flexibility index (Phi) is 3.89. The number of hydrogen-bond donors (Lipinski definition) is 2. The van der Waals surface area contributed by atoms with E-state index in [9.17, 15) is 9.59 Å². The molecular formula is C13H12BrN3O3. The molecule has 0 unspecified atom stereocenters. The van der Waals surface area contributed by atoms with Crippen LogP contribution in [0.1, 0.15) is 26.4 Å². The first-order valence-corrected chi connectivity index (χ1v) is 6.51. The number of carboxylic acid groups (broad SMARTS) is 1. The van der Waals surface area contributed by atoms with E-state index in [1.54, 1.807) is 30.9 Å². The van der Waals surface area contributed by atoms with Gasteiger partial charge >= 0.3 is 5.97 Å². The fourth-order valence-corrected chi connectivity index (χ4v) is 2.30. The Morgan fingerprint density at radius 1 is 1.35 bits per heavy atom. The van der Waals surface area contributed by atoms with E-state index in [1.165, 1.54) is 12.1 Å². The maximum Gasteiger partial charge on any atom is 0.335 e. The second-order valence-electron chi connectivity index (χ2n) is 4.29. The number of carbonyl (C=O) groups is 2. The first kappa shape index (κ1) is 14.3. The molecule has 0 spiro atoms. The minimum atomic E-state index is -1.06. The third-order valence-electron chi connectivity index (χ3n) is 2.66. The van der Waals surface area contributed by atoms with Gasteiger partial charge in [0.15, 0.2) is 0 Å². The van der Waals surface area contributed by atoms with Crippen LogP contribution < -0.4 is 5.32 Å². The predicted octanol–water partition coefficient (Wildman–Crippen LogP) is 2.44. The molecule has 1 aromatic heterocycles. The van der Waals surface area contributed by atoms with Gasteiger partial charge in [-0.05, 0) is 25.1 Å². The SMILES string of the molecule is Cc1nn(C)cc1C(=O)Nc1cc(Br)cc(C(=O)O)c1. The van der Waals surface area contributed by atoms with Crippen LogP contribution >= 0.6 is 15.9 Å². The highest BCUT2D eigenvalue weighted by atomic mass is 79.9. The van der Waals surface area contributed by atoms with Crippen LogP contribution in [0.4, 0.5) is 5.69 Å². The summed E-state index contributed by atoms with van der Waals surface area (Å²) in [6, 6.07) is 4.50. The monoisotopic (exact) mass is 337 g/mol. The van der Waals surface area contributed by atoms with Gasteiger partial charge < -0.3 is 10.4 Å². The van der Waals surface area contributed by atoms with Gasteiger partial charge in [0.2, 0.25) is 0 Å². The topological polar surface area (TPSA) is 84.2 Å². The first-order valence-electron chi connectivity index (χ1n) is 5.72. The van der Waals surface area contributed by atoms with E-state index < -0.39 is 5.97 Å². The average Bonchev–Trinajstić information content (AvgIpc) is 2.67. The van der Waals surface area contributed by atoms with E-state index in [4.69, 9.17) is 5.11 Å². The summed E-state index contributed by atoms with van der Waals surface area (Å²) in [5, 5.41) is 15.7. The van der Waals surface area contributed by atoms with Gasteiger partial charge in [0.1, 0.15) is 0 Å². The predicted molar refractivity (Wildman–Crippen MR) is 77.0 cm³/mol. The van der Waals surface area contributed by atoms with E-state index in [2.05, 4.69) is 26.3 Å². The number of hydrogen-bond acceptors (Lipinski definition) is 3. The lowest BCUT2D eigenvalue weighted by molar-refractivity contribution is 0.0696. The van der Waals surface area contributed by atoms with Crippen LogP contribution in [0.5, 0.6) is 0 Å². The standard InChI is InChI=1S/C13H12BrN3O3/c1-7-11(6-17(2)16-7)12(18)15-10-4-8(13(19)20)3-9(14)5-10/h3-6H,1-2H3,(H,15,18)(H,19,20). The van der Waals surface area contributed by atoms with Crippen LogP contribution in [0.3, 0.4) is 0 Å². The van der Waals surface area contributed by atoms with Crippen LogP contribution in [0.25, 0.3) is 0 Å². The Balaban J connectivity index is 2.28. The molecule has 6 nitrogen and oxygen atoms in total. The van der Waals surface area contributed by atoms with Crippen LogP contribution in [0.15, 0.2) is 28.9 Å². The quantitative estimate of drug-likeness (QED) is 0.900. The molecule has 104 valence electrons. The lowest BCUT2D eigenvalue weighted by atomic mass is 10.2. The highest BCUT2D eigenvalue weighted by Gasteiger charge is 2.14. The smallest absolute Gasteiger partial charge is 0.335 e. The number of nitrogens with one attached hydrogen (secondary N) is 1. The van der Waals surface area contributed by atoms with Crippen molar-refractivity contribution < 1.29 is 14.7 Å². The van der Waals surface area contributed by atoms with Crippen molar-refractivity contribution in [2.75, 3.05) is 5.32 Å². The zero-order valence-electron chi connectivity index (χ0n) is 10.8. The second kappa shape index (κ2) is 5.46. The summed E-state index contributed by atoms with van der Waals surface area (Å²) in [6.45, 7) is 1.73. The molecule has 1 amide bonds. The number of carboxylic acids is 1. The van der Waals surface area contributed by atoms with E-state index in [1.807, 2.05) is 0 Å². The van der Waals surface area contributed by atoms with Crippen molar-refractivity contribution >= 4 is 33.5 Å². The molecule has 1 aromatic carbocycles. The normalized spacial score (nSPS) is 10.3. The van der Waals surface area contributed by atoms with Gasteiger partial charge in [0.05, 0.1) is 16.8 Å². The van der Waals surface area contributed by atoms with E-state index >= 15 is 0 Å². The van der Waals surface area contributed by atoms with E-state index in [0.29, 0.717) is 21.4 Å². The molecule has 7 heteroatoms. The van der Waals surface area contributed by atoms with E-state index in [-0.39, 0.29) is 11.5 Å². The zero-order valence-corrected chi connectivity index (χ0v) is 12.4. The first-order chi connectivity index (χ1) is 9.36. The van der Waals surface area contributed by atoms with Gasteiger partial charge in [-0.1, -0.05) is 15.9 Å². The third kappa shape index (κ3) is 3.05. The van der Waals surface area contributed by atoms with Crippen LogP contribution in [-0.4, -0.2) is 26.8 Å². The maximum atomic E-state index is 12.1. The summed E-state index contributed by atoms with van der Waals surface area (Å²) in [6.07, 6.45) is 1.61. The van der Waals surface area contributed by atoms with Crippen molar-refractivity contribution in [1.82, 2.24) is 9.78 Å². The summed E-state index contributed by atoms with van der Waals surface area (Å²) >= 11 is 3.21. The molecule has 0 aliphatic rings. The van der Waals surface area contributed by atoms with Crippen molar-refractivity contribution in [3.8, 4) is 0 Å². The Bertz CT molecular complexity index is 694. The third-order valence-corrected chi connectivity index (χ3v) is 3.12. The number of aryl methyl sites for hydroxylation is 2. The molecule has 2 rings (SSSR count). The number of anilines is 1. The number of nitrogens with zero attached hydrogens (tertiary/aromatic N) is 2. The molecule has 0 saturated heterocycles. The minimum absolute atomic E-state index is 0.0950. The number of aromatic nitrogens is 2. The van der Waals surface area contributed by atoms with Crippen molar-refractivity contribution in [2.45, 2.75) is 6.92 Å². The molecule has 0 atom stereocenters. The zero-order chi connectivity index (χ0) is 14.9. The number of aromatic carboxylic acids is 1. The Labute approximate surface area is 123 Å². The van der Waals surface area contributed by atoms with Crippen LogP contribution in [0.2, 0.25) is 0 Å². The van der Waals surface area contributed by atoms with Crippen LogP contribution in [0, 0.1) is 6.92 Å². The lowest BCUT2D eigenvalue weighted by Gasteiger charge is -2.06. The van der Waals surface area contributed by atoms with Crippen molar-refractivity contribution in [3.63, 3.8) is 0 Å². The largest absolute Gasteiger partial charge is 0.478 e. The van der Waals surface area contributed by atoms with Gasteiger partial charge in [-0.2, -0.15) is 5.10 Å². The fraction of sp³-hybridized carbons (Fsp3) is 0.154. The van der Waals surface area contributed by atoms with Gasteiger partial charge in [-0.3, -0.25) is 9.48 Å². The lowest BCUT2D eigenvalue weighted by Crippen LogP contribution is -2.13. The molecule has 0 aliphatic carbocycles. The van der Waals surface area contributed by atoms with Crippen LogP contribution in [-0.2, 0) is 7.05 Å². The molecule has 0 aliphatic heterocycles. The molecule has 2 aromatic rings. The number of halogens is 1. The van der Waals surface area contributed by atoms with Gasteiger partial charge in [0, 0.05) is 23.4 Å². The van der Waals surface area contributed by atoms with Crippen molar-refractivity contribution in [1.29, 1.82) is 0 Å². The molecule has 0 saturated carbocycles. The minimum Gasteiger partial charge on any atom is -0.478 e. The van der Waals surface area contributed by atoms with Gasteiger partial charge in [-0.15, -0.1) is 0 Å². The highest BCUT2D eigenvalue weighted by Crippen LogP contribution is 2.20. The molecule has 0 fully saturated rings. The Morgan fingerprint density at radius 3 is 2.60 bits per heavy atom. The van der Waals surface area contributed by atoms with Gasteiger partial charge in [0.25, 0.3) is 5.91 Å². The molecule has 20 heavy (non-hydrogen) atoms. The summed E-state index contributed by atoms with van der Waals surface area (Å²) in [4.78, 5) is 23.1. The van der Waals surface area contributed by atoms with Crippen molar-refractivity contribution in [3.05, 3.63) is 45.7 Å². The summed E-state index contributed by atoms with van der Waals surface area (Å²) in [7, 11) is 1.73. The number of rotatable bonds is 3. The number of carbonyl (C=O) groups excluding carboxylic acids is 1. The molecule has 1 heterocycles. The van der Waals surface area contributed by atoms with Gasteiger partial charge in [-0.25, -0.2) is 4.79 Å². The summed E-state index contributed by atoms with van der Waals surface area (Å²) in [5.74, 6) is -1.38. The molecule has 2 N–H and O–H groups in total. The second-order valence-corrected chi connectivity index (χ2v) is 5.21. The Morgan fingerprint density at radius 2 is 2.05 bits per heavy atom. The maximum absolute atomic E-state index is 12.1. The summed E-state index contributed by atoms with van der Waals surface area (Å²) < 4.78 is 2.13. The molecular weight excluding hydrogens is 326 g/mol. The van der Waals surface area contributed by atoms with Crippen molar-refractivity contribution in [2.24, 2.45) is 7.05 Å². The summed E-state index contributed by atoms with van der Waals surface area (Å²) in [5.41, 5.74) is 1.56. The number of amides is 1. The molecule has 0 bridgehead atoms. The average molecular weight is 338 g/mol. The van der Waals surface area contributed by atoms with E-state index in [0.717, 1.165) is 0 Å². The Hall–Kier alpha value is -2.15. The number of benzene rings is 1. The fourth-order valence-electron chi connectivity index (χ4n) is 1.81. The highest BCUT2D eigenvalue weighted by molar-refractivity contribution is 9.10.